The molecule has 6 heteroatoms. The molecule has 1 aliphatic heterocycles. The maximum Gasteiger partial charge on any atom is 0.264 e. The van der Waals surface area contributed by atoms with Gasteiger partial charge in [0.1, 0.15) is 0 Å². The van der Waals surface area contributed by atoms with Gasteiger partial charge in [-0.3, -0.25) is 4.31 Å². The second-order valence-electron chi connectivity index (χ2n) is 6.39. The Morgan fingerprint density at radius 3 is 2.64 bits per heavy atom. The van der Waals surface area contributed by atoms with Crippen LogP contribution in [0.2, 0.25) is 0 Å². The lowest BCUT2D eigenvalue weighted by atomic mass is 9.96. The molecule has 0 bridgehead atoms. The van der Waals surface area contributed by atoms with Gasteiger partial charge >= 0.3 is 0 Å². The molecule has 1 heterocycles. The fourth-order valence-corrected chi connectivity index (χ4v) is 4.81. The molecule has 0 aromatic heterocycles. The third kappa shape index (κ3) is 3.29. The number of nitrogens with one attached hydrogen (secondary N) is 1. The molecular formula is C19H24N2O3S. The summed E-state index contributed by atoms with van der Waals surface area (Å²) < 4.78 is 27.6. The molecule has 0 spiro atoms. The van der Waals surface area contributed by atoms with Crippen LogP contribution in [0.25, 0.3) is 0 Å². The first-order chi connectivity index (χ1) is 12.0. The summed E-state index contributed by atoms with van der Waals surface area (Å²) in [5.41, 5.74) is 3.32. The molecule has 0 fully saturated rings. The van der Waals surface area contributed by atoms with Gasteiger partial charge in [0.2, 0.25) is 0 Å². The fourth-order valence-electron chi connectivity index (χ4n) is 3.27. The molecule has 1 aliphatic rings. The molecule has 0 aliphatic carbocycles. The first-order valence-electron chi connectivity index (χ1n) is 8.49. The first kappa shape index (κ1) is 17.9. The lowest BCUT2D eigenvalue weighted by Crippen LogP contribution is -2.26. The van der Waals surface area contributed by atoms with Crippen LogP contribution in [0.4, 0.5) is 5.69 Å². The first-order valence-corrected chi connectivity index (χ1v) is 9.93. The van der Waals surface area contributed by atoms with E-state index in [-0.39, 0.29) is 12.6 Å². The Hall–Kier alpha value is -1.89. The summed E-state index contributed by atoms with van der Waals surface area (Å²) in [4.78, 5) is 0.353. The normalized spacial score (nSPS) is 18.4. The molecular weight excluding hydrogens is 336 g/mol. The van der Waals surface area contributed by atoms with Crippen LogP contribution in [0.15, 0.2) is 47.4 Å². The zero-order chi connectivity index (χ0) is 18.0. The van der Waals surface area contributed by atoms with E-state index in [1.54, 1.807) is 13.1 Å². The summed E-state index contributed by atoms with van der Waals surface area (Å²) in [7, 11) is -2.00. The monoisotopic (exact) mass is 360 g/mol. The number of unbranched alkanes of at least 4 members (excludes halogenated alkanes) is 1. The predicted octanol–water partition coefficient (Wildman–Crippen LogP) is 2.59. The number of hydrogen-bond acceptors (Lipinski definition) is 4. The molecule has 0 saturated heterocycles. The smallest absolute Gasteiger partial charge is 0.264 e. The third-order valence-corrected chi connectivity index (χ3v) is 6.47. The van der Waals surface area contributed by atoms with Crippen LogP contribution >= 0.6 is 0 Å². The van der Waals surface area contributed by atoms with Crippen LogP contribution in [0.1, 0.15) is 35.6 Å². The molecule has 0 saturated carbocycles. The Balaban J connectivity index is 2.15. The van der Waals surface area contributed by atoms with Crippen molar-refractivity contribution < 1.29 is 13.5 Å². The molecule has 5 nitrogen and oxygen atoms in total. The zero-order valence-electron chi connectivity index (χ0n) is 14.6. The van der Waals surface area contributed by atoms with Crippen molar-refractivity contribution in [3.8, 4) is 0 Å². The molecule has 2 aromatic carbocycles. The largest absolute Gasteiger partial charge is 0.396 e. The number of hydrogen-bond donors (Lipinski definition) is 2. The van der Waals surface area contributed by atoms with Gasteiger partial charge in [0.25, 0.3) is 10.0 Å². The summed E-state index contributed by atoms with van der Waals surface area (Å²) in [6.07, 6.45) is 1.55. The lowest BCUT2D eigenvalue weighted by Gasteiger charge is -2.22. The highest BCUT2D eigenvalue weighted by Crippen LogP contribution is 2.40. The van der Waals surface area contributed by atoms with Crippen molar-refractivity contribution in [2.24, 2.45) is 0 Å². The Morgan fingerprint density at radius 2 is 1.88 bits per heavy atom. The van der Waals surface area contributed by atoms with E-state index in [1.165, 1.54) is 4.31 Å². The minimum atomic E-state index is -3.61. The molecule has 0 amide bonds. The molecule has 3 rings (SSSR count). The van der Waals surface area contributed by atoms with Crippen LogP contribution in [0.5, 0.6) is 0 Å². The number of sulfonamides is 1. The Morgan fingerprint density at radius 1 is 1.12 bits per heavy atom. The van der Waals surface area contributed by atoms with Gasteiger partial charge in [-0.15, -0.1) is 0 Å². The van der Waals surface area contributed by atoms with Crippen LogP contribution in [0.3, 0.4) is 0 Å². The number of aryl methyl sites for hydroxylation is 1. The van der Waals surface area contributed by atoms with Crippen molar-refractivity contribution >= 4 is 15.7 Å². The summed E-state index contributed by atoms with van der Waals surface area (Å²) in [6.45, 7) is 2.77. The number of nitrogens with zero attached hydrogens (tertiary/aromatic N) is 1. The lowest BCUT2D eigenvalue weighted by molar-refractivity contribution is 0.283. The molecule has 1 atom stereocenters. The Kier molecular flexibility index (Phi) is 5.13. The van der Waals surface area contributed by atoms with Gasteiger partial charge in [0.05, 0.1) is 16.6 Å². The van der Waals surface area contributed by atoms with Gasteiger partial charge in [0, 0.05) is 13.7 Å². The van der Waals surface area contributed by atoms with Crippen molar-refractivity contribution in [3.63, 3.8) is 0 Å². The van der Waals surface area contributed by atoms with Gasteiger partial charge in [0.15, 0.2) is 0 Å². The highest BCUT2D eigenvalue weighted by atomic mass is 32.2. The maximum atomic E-state index is 13.1. The molecule has 25 heavy (non-hydrogen) atoms. The van der Waals surface area contributed by atoms with Crippen molar-refractivity contribution in [2.75, 3.05) is 24.5 Å². The van der Waals surface area contributed by atoms with Gasteiger partial charge in [-0.2, -0.15) is 0 Å². The van der Waals surface area contributed by atoms with E-state index >= 15 is 0 Å². The van der Waals surface area contributed by atoms with Crippen LogP contribution in [-0.2, 0) is 10.0 Å². The van der Waals surface area contributed by atoms with Crippen LogP contribution in [-0.4, -0.2) is 33.7 Å². The van der Waals surface area contributed by atoms with Gasteiger partial charge in [-0.05, 0) is 55.1 Å². The number of benzene rings is 2. The van der Waals surface area contributed by atoms with Crippen molar-refractivity contribution in [3.05, 3.63) is 59.2 Å². The second kappa shape index (κ2) is 7.15. The summed E-state index contributed by atoms with van der Waals surface area (Å²) in [5, 5.41) is 12.5. The van der Waals surface area contributed by atoms with E-state index in [4.69, 9.17) is 5.11 Å². The van der Waals surface area contributed by atoms with Gasteiger partial charge in [-0.25, -0.2) is 8.42 Å². The van der Waals surface area contributed by atoms with Crippen molar-refractivity contribution in [2.45, 2.75) is 30.7 Å². The average molecular weight is 360 g/mol. The third-order valence-electron chi connectivity index (χ3n) is 4.64. The molecule has 0 radical (unpaired) electrons. The fraction of sp³-hybridized carbons (Fsp3) is 0.368. The standard InChI is InChI=1S/C19H24N2O3S/c1-14-9-10-16-18(13-14)25(23,24)21(2)17-8-4-3-7-15(17)19(16)20-11-5-6-12-22/h3-4,7-10,13,19-20,22H,5-6,11-12H2,1-2H3. The van der Waals surface area contributed by atoms with E-state index in [0.29, 0.717) is 17.1 Å². The predicted molar refractivity (Wildman–Crippen MR) is 99.4 cm³/mol. The summed E-state index contributed by atoms with van der Waals surface area (Å²) in [5.74, 6) is 0. The number of aliphatic hydroxyl groups is 1. The minimum Gasteiger partial charge on any atom is -0.396 e. The number of para-hydroxylation sites is 1. The highest BCUT2D eigenvalue weighted by Gasteiger charge is 2.34. The molecule has 2 aromatic rings. The average Bonchev–Trinajstić information content (AvgIpc) is 2.67. The van der Waals surface area contributed by atoms with Crippen molar-refractivity contribution in [1.82, 2.24) is 5.32 Å². The van der Waals surface area contributed by atoms with Crippen LogP contribution in [0, 0.1) is 6.92 Å². The van der Waals surface area contributed by atoms with E-state index in [9.17, 15) is 8.42 Å². The molecule has 2 N–H and O–H groups in total. The number of anilines is 1. The quantitative estimate of drug-likeness (QED) is 0.804. The van der Waals surface area contributed by atoms with E-state index < -0.39 is 10.0 Å². The van der Waals surface area contributed by atoms with Crippen LogP contribution < -0.4 is 9.62 Å². The SMILES string of the molecule is Cc1ccc2c(c1)S(=O)(=O)N(C)c1ccccc1C2NCCCCO. The highest BCUT2D eigenvalue weighted by molar-refractivity contribution is 7.92. The summed E-state index contributed by atoms with van der Waals surface area (Å²) >= 11 is 0. The number of fused-ring (bicyclic) bond motifs is 2. The Bertz CT molecular complexity index is 865. The molecule has 134 valence electrons. The topological polar surface area (TPSA) is 69.6 Å². The van der Waals surface area contributed by atoms with E-state index in [2.05, 4.69) is 5.32 Å². The number of rotatable bonds is 5. The van der Waals surface area contributed by atoms with E-state index in [1.807, 2.05) is 43.3 Å². The van der Waals surface area contributed by atoms with Gasteiger partial charge in [-0.1, -0.05) is 30.3 Å². The minimum absolute atomic E-state index is 0.163. The summed E-state index contributed by atoms with van der Waals surface area (Å²) in [6, 6.07) is 13.0. The maximum absolute atomic E-state index is 13.1. The second-order valence-corrected chi connectivity index (χ2v) is 8.33. The van der Waals surface area contributed by atoms with Crippen molar-refractivity contribution in [1.29, 1.82) is 0 Å². The van der Waals surface area contributed by atoms with E-state index in [0.717, 1.165) is 29.5 Å². The number of aliphatic hydroxyl groups excluding tert-OH is 1. The van der Waals surface area contributed by atoms with Gasteiger partial charge < -0.3 is 10.4 Å². The molecule has 1 unspecified atom stereocenters. The Labute approximate surface area is 149 Å². The zero-order valence-corrected chi connectivity index (χ0v) is 15.4.